The van der Waals surface area contributed by atoms with E-state index in [-0.39, 0.29) is 11.7 Å². The van der Waals surface area contributed by atoms with Gasteiger partial charge in [-0.15, -0.1) is 0 Å². The number of unbranched alkanes of at least 4 members (excludes halogenated alkanes) is 2. The summed E-state index contributed by atoms with van der Waals surface area (Å²) in [6.45, 7) is 10.3. The van der Waals surface area contributed by atoms with Crippen molar-refractivity contribution >= 4 is 17.5 Å². The Labute approximate surface area is 212 Å². The Morgan fingerprint density at radius 1 is 1.08 bits per heavy atom. The van der Waals surface area contributed by atoms with Crippen LogP contribution in [0.4, 0.5) is 13.2 Å². The second-order valence-electron chi connectivity index (χ2n) is 9.20. The molecule has 2 aromatic carbocycles. The molecule has 1 unspecified atom stereocenters. The largest absolute Gasteiger partial charge is 0.431 e. The van der Waals surface area contributed by atoms with Gasteiger partial charge in [0.1, 0.15) is 5.71 Å². The van der Waals surface area contributed by atoms with E-state index in [0.29, 0.717) is 23.6 Å². The molecule has 1 amide bonds. The molecule has 1 N–H and O–H groups in total. The van der Waals surface area contributed by atoms with Crippen molar-refractivity contribution < 1.29 is 18.0 Å². The molecule has 0 aromatic heterocycles. The van der Waals surface area contributed by atoms with Crippen LogP contribution in [0, 0.1) is 5.92 Å². The first kappa shape index (κ1) is 29.0. The summed E-state index contributed by atoms with van der Waals surface area (Å²) in [5.74, 6) is 0.272. The first-order valence-electron chi connectivity index (χ1n) is 12.4. The number of nitrogens with one attached hydrogen (secondary N) is 1. The minimum atomic E-state index is -4.46. The molecule has 1 aliphatic heterocycles. The topological polar surface area (TPSA) is 53.8 Å². The van der Waals surface area contributed by atoms with E-state index in [1.54, 1.807) is 24.3 Å². The van der Waals surface area contributed by atoms with Gasteiger partial charge in [0.2, 0.25) is 0 Å². The van der Waals surface area contributed by atoms with Gasteiger partial charge in [-0.3, -0.25) is 9.79 Å². The van der Waals surface area contributed by atoms with Crippen molar-refractivity contribution in [2.45, 2.75) is 59.1 Å². The third-order valence-corrected chi connectivity index (χ3v) is 5.61. The highest BCUT2D eigenvalue weighted by molar-refractivity contribution is 6.13. The van der Waals surface area contributed by atoms with Gasteiger partial charge in [-0.05, 0) is 43.4 Å². The summed E-state index contributed by atoms with van der Waals surface area (Å²) in [5.41, 5.74) is 2.59. The number of hydrogen-bond donors (Lipinski definition) is 1. The van der Waals surface area contributed by atoms with Crippen molar-refractivity contribution in [2.24, 2.45) is 15.9 Å². The summed E-state index contributed by atoms with van der Waals surface area (Å²) in [5, 5.41) is 2.90. The first-order chi connectivity index (χ1) is 17.1. The molecule has 0 fully saturated rings. The lowest BCUT2D eigenvalue weighted by molar-refractivity contribution is -0.0592. The van der Waals surface area contributed by atoms with Crippen LogP contribution in [-0.4, -0.2) is 36.7 Å². The Bertz CT molecular complexity index is 1040. The number of halogens is 3. The highest BCUT2D eigenvalue weighted by atomic mass is 19.4. The fourth-order valence-corrected chi connectivity index (χ4v) is 3.59. The normalized spacial score (nSPS) is 13.7. The molecule has 36 heavy (non-hydrogen) atoms. The molecular formula is C29H36F3N3O. The van der Waals surface area contributed by atoms with Gasteiger partial charge in [-0.25, -0.2) is 4.99 Å². The SMILES string of the molecule is C=C(C)Cc1ccccc1.CCCCCC(C)CNC(=O)c1ccc(C2=NCC(C(F)(F)F)=N2)cc1. The molecule has 0 aliphatic carbocycles. The first-order valence-corrected chi connectivity index (χ1v) is 12.4. The van der Waals surface area contributed by atoms with E-state index in [4.69, 9.17) is 0 Å². The van der Waals surface area contributed by atoms with Crippen molar-refractivity contribution in [1.82, 2.24) is 5.32 Å². The summed E-state index contributed by atoms with van der Waals surface area (Å²) in [4.78, 5) is 19.5. The van der Waals surface area contributed by atoms with Crippen LogP contribution in [0.2, 0.25) is 0 Å². The Hall–Kier alpha value is -3.22. The third-order valence-electron chi connectivity index (χ3n) is 5.61. The number of aliphatic imine (C=N–C) groups is 2. The van der Waals surface area contributed by atoms with Gasteiger partial charge >= 0.3 is 6.18 Å². The van der Waals surface area contributed by atoms with Crippen molar-refractivity contribution in [2.75, 3.05) is 13.1 Å². The predicted molar refractivity (Wildman–Crippen MR) is 142 cm³/mol. The predicted octanol–water partition coefficient (Wildman–Crippen LogP) is 7.20. The molecule has 0 bridgehead atoms. The number of rotatable bonds is 10. The zero-order valence-electron chi connectivity index (χ0n) is 21.4. The van der Waals surface area contributed by atoms with Crippen LogP contribution >= 0.6 is 0 Å². The van der Waals surface area contributed by atoms with Crippen LogP contribution in [0.25, 0.3) is 0 Å². The van der Waals surface area contributed by atoms with Crippen LogP contribution in [0.5, 0.6) is 0 Å². The van der Waals surface area contributed by atoms with Gasteiger partial charge < -0.3 is 5.32 Å². The van der Waals surface area contributed by atoms with Gasteiger partial charge in [0.15, 0.2) is 5.84 Å². The average Bonchev–Trinajstić information content (AvgIpc) is 3.35. The Morgan fingerprint density at radius 2 is 1.75 bits per heavy atom. The fourth-order valence-electron chi connectivity index (χ4n) is 3.59. The fraction of sp³-hybridized carbons (Fsp3) is 0.414. The number of amides is 1. The summed E-state index contributed by atoms with van der Waals surface area (Å²) < 4.78 is 37.8. The molecule has 7 heteroatoms. The Morgan fingerprint density at radius 3 is 2.31 bits per heavy atom. The second kappa shape index (κ2) is 14.4. The molecular weight excluding hydrogens is 463 g/mol. The monoisotopic (exact) mass is 499 g/mol. The van der Waals surface area contributed by atoms with Gasteiger partial charge in [0, 0.05) is 17.7 Å². The van der Waals surface area contributed by atoms with E-state index >= 15 is 0 Å². The molecule has 2 aromatic rings. The maximum atomic E-state index is 12.6. The van der Waals surface area contributed by atoms with Crippen LogP contribution in [0.15, 0.2) is 76.7 Å². The number of hydrogen-bond acceptors (Lipinski definition) is 3. The van der Waals surface area contributed by atoms with Crippen molar-refractivity contribution in [1.29, 1.82) is 0 Å². The molecule has 0 spiro atoms. The molecule has 1 heterocycles. The molecule has 0 saturated heterocycles. The van der Waals surface area contributed by atoms with E-state index in [1.807, 2.05) is 13.0 Å². The minimum absolute atomic E-state index is 0.0498. The zero-order chi connectivity index (χ0) is 26.6. The van der Waals surface area contributed by atoms with Gasteiger partial charge in [0.05, 0.1) is 6.54 Å². The van der Waals surface area contributed by atoms with Gasteiger partial charge in [-0.1, -0.05) is 87.7 Å². The van der Waals surface area contributed by atoms with Crippen LogP contribution < -0.4 is 5.32 Å². The highest BCUT2D eigenvalue weighted by Crippen LogP contribution is 2.22. The Kier molecular flexibility index (Phi) is 11.6. The summed E-state index contributed by atoms with van der Waals surface area (Å²) in [6.07, 6.45) is 1.14. The molecule has 0 saturated carbocycles. The molecule has 1 aliphatic rings. The summed E-state index contributed by atoms with van der Waals surface area (Å²) >= 11 is 0. The van der Waals surface area contributed by atoms with Crippen molar-refractivity contribution in [3.8, 4) is 0 Å². The van der Waals surface area contributed by atoms with Gasteiger partial charge in [0.25, 0.3) is 5.91 Å². The number of alkyl halides is 3. The second-order valence-corrected chi connectivity index (χ2v) is 9.20. The quantitative estimate of drug-likeness (QED) is 0.273. The number of allylic oxidation sites excluding steroid dienone is 1. The van der Waals surface area contributed by atoms with Crippen LogP contribution in [0.3, 0.4) is 0 Å². The average molecular weight is 500 g/mol. The summed E-state index contributed by atoms with van der Waals surface area (Å²) in [6, 6.07) is 16.7. The Balaban J connectivity index is 0.000000380. The van der Waals surface area contributed by atoms with E-state index in [2.05, 4.69) is 60.0 Å². The number of carbonyl (C=O) groups excluding carboxylic acids is 1. The van der Waals surface area contributed by atoms with E-state index < -0.39 is 18.4 Å². The minimum Gasteiger partial charge on any atom is -0.352 e. The van der Waals surface area contributed by atoms with Crippen LogP contribution in [-0.2, 0) is 6.42 Å². The van der Waals surface area contributed by atoms with Crippen molar-refractivity contribution in [3.63, 3.8) is 0 Å². The molecule has 194 valence electrons. The maximum Gasteiger partial charge on any atom is 0.431 e. The number of nitrogens with zero attached hydrogens (tertiary/aromatic N) is 2. The van der Waals surface area contributed by atoms with Crippen molar-refractivity contribution in [3.05, 3.63) is 83.4 Å². The standard InChI is InChI=1S/C19H24F3N3O.C10H12/c1-3-4-5-6-13(2)11-24-18(26)15-9-7-14(8-10-15)17-23-12-16(25-17)19(20,21)22;1-9(2)8-10-6-4-3-5-7-10/h7-10,13H,3-6,11-12H2,1-2H3,(H,24,26);3-7H,1,8H2,2H3. The van der Waals surface area contributed by atoms with E-state index in [0.717, 1.165) is 19.3 Å². The van der Waals surface area contributed by atoms with Gasteiger partial charge in [-0.2, -0.15) is 13.2 Å². The van der Waals surface area contributed by atoms with E-state index in [9.17, 15) is 18.0 Å². The number of carbonyl (C=O) groups is 1. The molecule has 0 radical (unpaired) electrons. The zero-order valence-corrected chi connectivity index (χ0v) is 21.4. The highest BCUT2D eigenvalue weighted by Gasteiger charge is 2.37. The van der Waals surface area contributed by atoms with Crippen LogP contribution in [0.1, 0.15) is 67.9 Å². The van der Waals surface area contributed by atoms with E-state index in [1.165, 1.54) is 24.0 Å². The smallest absolute Gasteiger partial charge is 0.352 e. The molecule has 4 nitrogen and oxygen atoms in total. The third kappa shape index (κ3) is 10.2. The number of amidine groups is 1. The lowest BCUT2D eigenvalue weighted by atomic mass is 10.0. The lowest BCUT2D eigenvalue weighted by Gasteiger charge is -2.12. The summed E-state index contributed by atoms with van der Waals surface area (Å²) in [7, 11) is 0. The maximum absolute atomic E-state index is 12.6. The molecule has 1 atom stereocenters. The number of benzene rings is 2. The lowest BCUT2D eigenvalue weighted by Crippen LogP contribution is -2.28. The molecule has 3 rings (SSSR count).